The van der Waals surface area contributed by atoms with E-state index >= 15 is 0 Å². The average Bonchev–Trinajstić information content (AvgIpc) is 2.39. The first kappa shape index (κ1) is 15.3. The zero-order chi connectivity index (χ0) is 13.4. The number of ether oxygens (including phenoxy) is 1. The number of nitrogens with two attached hydrogens (primary N) is 1. The van der Waals surface area contributed by atoms with Crippen LogP contribution in [0.4, 0.5) is 0 Å². The van der Waals surface area contributed by atoms with Crippen molar-refractivity contribution >= 4 is 40.3 Å². The molecule has 0 saturated heterocycles. The van der Waals surface area contributed by atoms with E-state index in [1.54, 1.807) is 11.8 Å². The lowest BCUT2D eigenvalue weighted by atomic mass is 10.2. The Hall–Kier alpha value is -0.710. The fraction of sp³-hybridized carbons (Fsp3) is 0.308. The van der Waals surface area contributed by atoms with Crippen LogP contribution in [0.3, 0.4) is 0 Å². The molecule has 0 radical (unpaired) electrons. The summed E-state index contributed by atoms with van der Waals surface area (Å²) in [6, 6.07) is 9.38. The normalized spacial score (nSPS) is 13.4. The topological polar surface area (TPSA) is 52.3 Å². The van der Waals surface area contributed by atoms with Crippen molar-refractivity contribution in [2.24, 2.45) is 5.73 Å². The second kappa shape index (κ2) is 8.40. The van der Waals surface area contributed by atoms with Gasteiger partial charge in [0.1, 0.15) is 6.04 Å². The fourth-order valence-corrected chi connectivity index (χ4v) is 2.36. The third kappa shape index (κ3) is 5.76. The second-order valence-electron chi connectivity index (χ2n) is 3.53. The third-order valence-electron chi connectivity index (χ3n) is 2.06. The molecule has 0 bridgehead atoms. The largest absolute Gasteiger partial charge is 0.438 e. The van der Waals surface area contributed by atoms with Crippen LogP contribution in [0.1, 0.15) is 5.56 Å². The van der Waals surface area contributed by atoms with Crippen molar-refractivity contribution in [3.05, 3.63) is 35.9 Å². The van der Waals surface area contributed by atoms with Gasteiger partial charge in [-0.15, -0.1) is 6.42 Å². The van der Waals surface area contributed by atoms with Crippen molar-refractivity contribution in [1.29, 1.82) is 0 Å². The maximum atomic E-state index is 11.5. The Morgan fingerprint density at radius 1 is 1.50 bits per heavy atom. The lowest BCUT2D eigenvalue weighted by molar-refractivity contribution is -0.143. The van der Waals surface area contributed by atoms with Crippen molar-refractivity contribution in [2.75, 3.05) is 5.75 Å². The molecule has 0 spiro atoms. The molecule has 0 saturated carbocycles. The molecule has 0 aromatic heterocycles. The highest BCUT2D eigenvalue weighted by atomic mass is 127. The molecule has 0 aliphatic heterocycles. The van der Waals surface area contributed by atoms with Crippen LogP contribution in [-0.2, 0) is 15.3 Å². The molecule has 0 amide bonds. The van der Waals surface area contributed by atoms with E-state index in [1.165, 1.54) is 5.56 Å². The smallest absolute Gasteiger partial charge is 0.325 e. The van der Waals surface area contributed by atoms with E-state index in [1.807, 2.05) is 52.9 Å². The third-order valence-corrected chi connectivity index (χ3v) is 3.81. The minimum Gasteiger partial charge on any atom is -0.438 e. The minimum atomic E-state index is -0.635. The summed E-state index contributed by atoms with van der Waals surface area (Å²) in [4.78, 5) is 11.5. The molecule has 5 heteroatoms. The molecule has 0 fully saturated rings. The fourth-order valence-electron chi connectivity index (χ4n) is 1.17. The van der Waals surface area contributed by atoms with Crippen LogP contribution in [0.15, 0.2) is 30.3 Å². The van der Waals surface area contributed by atoms with Crippen LogP contribution < -0.4 is 5.73 Å². The van der Waals surface area contributed by atoms with Gasteiger partial charge in [-0.2, -0.15) is 11.8 Å². The number of terminal acetylenes is 1. The molecular formula is C13H14INO2S. The lowest BCUT2D eigenvalue weighted by Crippen LogP contribution is -2.35. The molecule has 1 rings (SSSR count). The quantitative estimate of drug-likeness (QED) is 0.359. The highest BCUT2D eigenvalue weighted by Crippen LogP contribution is 2.13. The summed E-state index contributed by atoms with van der Waals surface area (Å²) >= 11 is 3.46. The van der Waals surface area contributed by atoms with Crippen molar-refractivity contribution in [1.82, 2.24) is 0 Å². The molecule has 18 heavy (non-hydrogen) atoms. The Morgan fingerprint density at radius 2 is 2.17 bits per heavy atom. The number of esters is 1. The number of hydrogen-bond acceptors (Lipinski definition) is 4. The maximum Gasteiger partial charge on any atom is 0.325 e. The van der Waals surface area contributed by atoms with Gasteiger partial charge in [-0.3, -0.25) is 4.79 Å². The van der Waals surface area contributed by atoms with Crippen LogP contribution >= 0.6 is 34.4 Å². The van der Waals surface area contributed by atoms with Gasteiger partial charge >= 0.3 is 5.97 Å². The van der Waals surface area contributed by atoms with E-state index in [-0.39, 0.29) is 0 Å². The molecule has 1 aromatic rings. The van der Waals surface area contributed by atoms with Crippen LogP contribution in [-0.4, -0.2) is 21.9 Å². The van der Waals surface area contributed by atoms with Crippen molar-refractivity contribution in [3.63, 3.8) is 0 Å². The van der Waals surface area contributed by atoms with Gasteiger partial charge in [-0.1, -0.05) is 36.3 Å². The van der Waals surface area contributed by atoms with Gasteiger partial charge < -0.3 is 10.5 Å². The molecule has 2 atom stereocenters. The Kier molecular flexibility index (Phi) is 7.16. The van der Waals surface area contributed by atoms with E-state index < -0.39 is 16.1 Å². The van der Waals surface area contributed by atoms with Crippen molar-refractivity contribution < 1.29 is 9.53 Å². The number of hydrogen-bond donors (Lipinski definition) is 1. The summed E-state index contributed by atoms with van der Waals surface area (Å²) in [5.74, 6) is 3.20. The first-order valence-electron chi connectivity index (χ1n) is 5.31. The zero-order valence-corrected chi connectivity index (χ0v) is 12.7. The Labute approximate surface area is 125 Å². The van der Waals surface area contributed by atoms with E-state index in [0.717, 1.165) is 5.75 Å². The molecule has 1 unspecified atom stereocenters. The summed E-state index contributed by atoms with van der Waals surface area (Å²) in [5.41, 5.74) is 6.92. The minimum absolute atomic E-state index is 0.451. The molecule has 2 N–H and O–H groups in total. The zero-order valence-electron chi connectivity index (χ0n) is 9.71. The number of benzene rings is 1. The molecule has 1 aromatic carbocycles. The molecular weight excluding hydrogens is 361 g/mol. The van der Waals surface area contributed by atoms with Crippen LogP contribution in [0.2, 0.25) is 0 Å². The number of rotatable bonds is 6. The van der Waals surface area contributed by atoms with Crippen molar-refractivity contribution in [3.8, 4) is 12.3 Å². The highest BCUT2D eigenvalue weighted by molar-refractivity contribution is 14.1. The van der Waals surface area contributed by atoms with Crippen LogP contribution in [0.5, 0.6) is 0 Å². The second-order valence-corrected chi connectivity index (χ2v) is 5.69. The molecule has 0 heterocycles. The monoisotopic (exact) mass is 375 g/mol. The lowest BCUT2D eigenvalue weighted by Gasteiger charge is -2.12. The van der Waals surface area contributed by atoms with Gasteiger partial charge in [0.2, 0.25) is 4.11 Å². The van der Waals surface area contributed by atoms with Crippen LogP contribution in [0.25, 0.3) is 0 Å². The average molecular weight is 375 g/mol. The maximum absolute atomic E-state index is 11.5. The van der Waals surface area contributed by atoms with Gasteiger partial charge in [0.05, 0.1) is 0 Å². The van der Waals surface area contributed by atoms with E-state index in [9.17, 15) is 4.79 Å². The Morgan fingerprint density at radius 3 is 2.78 bits per heavy atom. The summed E-state index contributed by atoms with van der Waals surface area (Å²) < 4.78 is 4.38. The summed E-state index contributed by atoms with van der Waals surface area (Å²) in [6.45, 7) is 0. The number of thioether (sulfide) groups is 1. The van der Waals surface area contributed by atoms with E-state index in [4.69, 9.17) is 16.9 Å². The van der Waals surface area contributed by atoms with Crippen molar-refractivity contribution in [2.45, 2.75) is 15.9 Å². The molecule has 0 aliphatic rings. The first-order chi connectivity index (χ1) is 8.63. The predicted molar refractivity (Wildman–Crippen MR) is 83.3 cm³/mol. The Bertz CT molecular complexity index is 419. The predicted octanol–water partition coefficient (Wildman–Crippen LogP) is 2.18. The standard InChI is InChI=1S/C13H14INO2S/c1-2-12(14)17-13(16)11(15)9-18-8-10-6-4-3-5-7-10/h1,3-7,11-12H,8-9,15H2/t11-,12?/m0/s1. The number of alkyl halides is 1. The number of carbonyl (C=O) groups excluding carboxylic acids is 1. The summed E-state index contributed by atoms with van der Waals surface area (Å²) in [5, 5.41) is 0. The highest BCUT2D eigenvalue weighted by Gasteiger charge is 2.17. The molecule has 0 aliphatic carbocycles. The van der Waals surface area contributed by atoms with Gasteiger partial charge in [0.15, 0.2) is 0 Å². The summed E-state index contributed by atoms with van der Waals surface area (Å²) in [6.07, 6.45) is 5.12. The van der Waals surface area contributed by atoms with Crippen LogP contribution in [0, 0.1) is 12.3 Å². The number of halogens is 1. The van der Waals surface area contributed by atoms with Gasteiger partial charge in [-0.25, -0.2) is 0 Å². The molecule has 3 nitrogen and oxygen atoms in total. The van der Waals surface area contributed by atoms with E-state index in [0.29, 0.717) is 5.75 Å². The van der Waals surface area contributed by atoms with E-state index in [2.05, 4.69) is 5.92 Å². The van der Waals surface area contributed by atoms with Gasteiger partial charge in [0.25, 0.3) is 0 Å². The molecule has 96 valence electrons. The Balaban J connectivity index is 2.27. The number of carbonyl (C=O) groups is 1. The summed E-state index contributed by atoms with van der Waals surface area (Å²) in [7, 11) is 0. The van der Waals surface area contributed by atoms with Gasteiger partial charge in [0, 0.05) is 11.5 Å². The van der Waals surface area contributed by atoms with Gasteiger partial charge in [-0.05, 0) is 28.2 Å². The first-order valence-corrected chi connectivity index (χ1v) is 7.71. The SMILES string of the molecule is C#CC(I)OC(=O)[C@@H](N)CSCc1ccccc1.